The smallest absolute Gasteiger partial charge is 0.255 e. The van der Waals surface area contributed by atoms with Crippen LogP contribution in [0.1, 0.15) is 55.5 Å². The first kappa shape index (κ1) is 17.2. The Bertz CT molecular complexity index is 495. The van der Waals surface area contributed by atoms with Crippen LogP contribution in [0.25, 0.3) is 0 Å². The van der Waals surface area contributed by atoms with Crippen molar-refractivity contribution in [2.45, 2.75) is 39.5 Å². The third-order valence-electron chi connectivity index (χ3n) is 3.15. The van der Waals surface area contributed by atoms with Crippen molar-refractivity contribution in [3.8, 4) is 11.8 Å². The molecule has 0 aliphatic heterocycles. The summed E-state index contributed by atoms with van der Waals surface area (Å²) in [5.74, 6) is 5.36. The van der Waals surface area contributed by atoms with Gasteiger partial charge in [-0.2, -0.15) is 0 Å². The Hall–Kier alpha value is -1.86. The molecule has 1 rings (SSSR count). The molecular formula is C17H24N2O2. The summed E-state index contributed by atoms with van der Waals surface area (Å²) in [6.45, 7) is 5.60. The molecule has 21 heavy (non-hydrogen) atoms. The number of carbonyl (C=O) groups excluding carboxylic acids is 1. The molecule has 1 amide bonds. The molecule has 114 valence electrons. The van der Waals surface area contributed by atoms with Crippen molar-refractivity contribution in [1.29, 1.82) is 0 Å². The van der Waals surface area contributed by atoms with Crippen LogP contribution in [0.2, 0.25) is 0 Å². The van der Waals surface area contributed by atoms with Gasteiger partial charge in [0.2, 0.25) is 0 Å². The van der Waals surface area contributed by atoms with Gasteiger partial charge in [0.05, 0.1) is 5.56 Å². The van der Waals surface area contributed by atoms with Crippen molar-refractivity contribution in [2.75, 3.05) is 19.7 Å². The number of aliphatic hydroxyl groups excluding tert-OH is 1. The lowest BCUT2D eigenvalue weighted by atomic mass is 10.1. The van der Waals surface area contributed by atoms with E-state index in [0.717, 1.165) is 38.8 Å². The van der Waals surface area contributed by atoms with Crippen molar-refractivity contribution >= 4 is 5.91 Å². The zero-order valence-corrected chi connectivity index (χ0v) is 12.9. The predicted octanol–water partition coefficient (Wildman–Crippen LogP) is 2.47. The second-order valence-electron chi connectivity index (χ2n) is 4.92. The first-order valence-corrected chi connectivity index (χ1v) is 7.57. The van der Waals surface area contributed by atoms with Gasteiger partial charge < -0.3 is 10.0 Å². The van der Waals surface area contributed by atoms with Crippen LogP contribution in [0, 0.1) is 11.8 Å². The van der Waals surface area contributed by atoms with Crippen LogP contribution >= 0.6 is 0 Å². The third kappa shape index (κ3) is 5.97. The molecular weight excluding hydrogens is 264 g/mol. The van der Waals surface area contributed by atoms with Gasteiger partial charge in [-0.3, -0.25) is 9.78 Å². The average molecular weight is 288 g/mol. The van der Waals surface area contributed by atoms with E-state index in [9.17, 15) is 4.79 Å². The zero-order chi connectivity index (χ0) is 15.5. The molecule has 0 saturated carbocycles. The van der Waals surface area contributed by atoms with Gasteiger partial charge in [-0.1, -0.05) is 38.5 Å². The summed E-state index contributed by atoms with van der Waals surface area (Å²) in [7, 11) is 0. The van der Waals surface area contributed by atoms with Gasteiger partial charge in [-0.15, -0.1) is 0 Å². The van der Waals surface area contributed by atoms with Gasteiger partial charge in [0, 0.05) is 31.0 Å². The van der Waals surface area contributed by atoms with Crippen LogP contribution in [-0.2, 0) is 0 Å². The van der Waals surface area contributed by atoms with E-state index >= 15 is 0 Å². The van der Waals surface area contributed by atoms with Crippen molar-refractivity contribution in [1.82, 2.24) is 9.88 Å². The molecule has 0 aliphatic rings. The molecule has 1 aromatic rings. The largest absolute Gasteiger partial charge is 0.384 e. The molecule has 0 saturated heterocycles. The monoisotopic (exact) mass is 288 g/mol. The molecule has 0 radical (unpaired) electrons. The Kier molecular flexibility index (Phi) is 8.15. The van der Waals surface area contributed by atoms with Gasteiger partial charge in [-0.05, 0) is 18.9 Å². The van der Waals surface area contributed by atoms with Crippen LogP contribution in [0.3, 0.4) is 0 Å². The first-order chi connectivity index (χ1) is 10.2. The van der Waals surface area contributed by atoms with Gasteiger partial charge in [0.15, 0.2) is 0 Å². The fraction of sp³-hybridized carbons (Fsp3) is 0.529. The highest BCUT2D eigenvalue weighted by atomic mass is 16.2. The highest BCUT2D eigenvalue weighted by Gasteiger charge is 2.15. The van der Waals surface area contributed by atoms with E-state index in [1.54, 1.807) is 18.5 Å². The van der Waals surface area contributed by atoms with E-state index in [-0.39, 0.29) is 12.5 Å². The van der Waals surface area contributed by atoms with Crippen molar-refractivity contribution in [3.05, 3.63) is 29.6 Å². The number of hydrogen-bond acceptors (Lipinski definition) is 3. The third-order valence-corrected chi connectivity index (χ3v) is 3.15. The van der Waals surface area contributed by atoms with Crippen LogP contribution in [0.15, 0.2) is 18.5 Å². The predicted molar refractivity (Wildman–Crippen MR) is 83.9 cm³/mol. The summed E-state index contributed by atoms with van der Waals surface area (Å²) in [6.07, 6.45) is 7.32. The molecule has 1 N–H and O–H groups in total. The molecule has 0 spiro atoms. The zero-order valence-electron chi connectivity index (χ0n) is 12.9. The molecule has 0 aliphatic carbocycles. The van der Waals surface area contributed by atoms with Gasteiger partial charge in [0.1, 0.15) is 6.61 Å². The van der Waals surface area contributed by atoms with Gasteiger partial charge in [-0.25, -0.2) is 0 Å². The maximum Gasteiger partial charge on any atom is 0.255 e. The number of pyridine rings is 1. The minimum absolute atomic E-state index is 0.0112. The van der Waals surface area contributed by atoms with E-state index in [2.05, 4.69) is 30.7 Å². The van der Waals surface area contributed by atoms with Crippen molar-refractivity contribution in [2.24, 2.45) is 0 Å². The minimum atomic E-state index is -0.197. The SMILES string of the molecule is CCCCN(CCCC)C(=O)c1cncc(C#CCO)c1. The Morgan fingerprint density at radius 3 is 2.48 bits per heavy atom. The Morgan fingerprint density at radius 2 is 1.90 bits per heavy atom. The van der Waals surface area contributed by atoms with E-state index in [4.69, 9.17) is 5.11 Å². The highest BCUT2D eigenvalue weighted by Crippen LogP contribution is 2.09. The van der Waals surface area contributed by atoms with E-state index < -0.39 is 0 Å². The quantitative estimate of drug-likeness (QED) is 0.784. The topological polar surface area (TPSA) is 53.4 Å². The van der Waals surface area contributed by atoms with Crippen LogP contribution in [0.4, 0.5) is 0 Å². The van der Waals surface area contributed by atoms with Crippen LogP contribution in [-0.4, -0.2) is 40.6 Å². The fourth-order valence-corrected chi connectivity index (χ4v) is 1.96. The summed E-state index contributed by atoms with van der Waals surface area (Å²) in [6, 6.07) is 1.74. The Balaban J connectivity index is 2.86. The van der Waals surface area contributed by atoms with Crippen molar-refractivity contribution in [3.63, 3.8) is 0 Å². The summed E-state index contributed by atoms with van der Waals surface area (Å²) in [4.78, 5) is 18.5. The molecule has 1 heterocycles. The first-order valence-electron chi connectivity index (χ1n) is 7.57. The lowest BCUT2D eigenvalue weighted by molar-refractivity contribution is 0.0750. The maximum absolute atomic E-state index is 12.6. The lowest BCUT2D eigenvalue weighted by Gasteiger charge is -2.22. The highest BCUT2D eigenvalue weighted by molar-refractivity contribution is 5.94. The number of unbranched alkanes of at least 4 members (excludes halogenated alkanes) is 2. The van der Waals surface area contributed by atoms with Gasteiger partial charge in [0.25, 0.3) is 5.91 Å². The van der Waals surface area contributed by atoms with Crippen molar-refractivity contribution < 1.29 is 9.90 Å². The van der Waals surface area contributed by atoms with Crippen LogP contribution in [0.5, 0.6) is 0 Å². The maximum atomic E-state index is 12.6. The standard InChI is InChI=1S/C17H24N2O2/c1-3-5-9-19(10-6-4-2)17(21)16-12-15(8-7-11-20)13-18-14-16/h12-14,20H,3-6,9-11H2,1-2H3. The lowest BCUT2D eigenvalue weighted by Crippen LogP contribution is -2.33. The minimum Gasteiger partial charge on any atom is -0.384 e. The molecule has 0 atom stereocenters. The normalized spacial score (nSPS) is 9.86. The molecule has 0 fully saturated rings. The summed E-state index contributed by atoms with van der Waals surface area (Å²) in [5.41, 5.74) is 1.22. The van der Waals surface area contributed by atoms with E-state index in [0.29, 0.717) is 11.1 Å². The molecule has 0 aromatic carbocycles. The summed E-state index contributed by atoms with van der Waals surface area (Å²) >= 11 is 0. The fourth-order valence-electron chi connectivity index (χ4n) is 1.96. The van der Waals surface area contributed by atoms with E-state index in [1.807, 2.05) is 4.90 Å². The number of hydrogen-bond donors (Lipinski definition) is 1. The molecule has 0 bridgehead atoms. The molecule has 1 aromatic heterocycles. The molecule has 0 unspecified atom stereocenters. The number of rotatable bonds is 7. The average Bonchev–Trinajstić information content (AvgIpc) is 2.53. The number of aliphatic hydroxyl groups is 1. The van der Waals surface area contributed by atoms with Crippen LogP contribution < -0.4 is 0 Å². The molecule has 4 nitrogen and oxygen atoms in total. The summed E-state index contributed by atoms with van der Waals surface area (Å²) < 4.78 is 0. The second-order valence-corrected chi connectivity index (χ2v) is 4.92. The number of nitrogens with zero attached hydrogens (tertiary/aromatic N) is 2. The Labute approximate surface area is 127 Å². The molecule has 4 heteroatoms. The Morgan fingerprint density at radius 1 is 1.24 bits per heavy atom. The van der Waals surface area contributed by atoms with Gasteiger partial charge >= 0.3 is 0 Å². The second kappa shape index (κ2) is 9.95. The summed E-state index contributed by atoms with van der Waals surface area (Å²) in [5, 5.41) is 8.72. The van der Waals surface area contributed by atoms with E-state index in [1.165, 1.54) is 0 Å². The number of aromatic nitrogens is 1. The number of amides is 1. The number of carbonyl (C=O) groups is 1.